The molecule has 1 saturated heterocycles. The van der Waals surface area contributed by atoms with E-state index in [-0.39, 0.29) is 17.9 Å². The minimum Gasteiger partial charge on any atom is -0.390 e. The summed E-state index contributed by atoms with van der Waals surface area (Å²) in [7, 11) is 0. The van der Waals surface area contributed by atoms with E-state index >= 15 is 0 Å². The zero-order valence-corrected chi connectivity index (χ0v) is 11.7. The van der Waals surface area contributed by atoms with Crippen molar-refractivity contribution in [3.05, 3.63) is 24.2 Å². The maximum Gasteiger partial charge on any atom is 0.243 e. The van der Waals surface area contributed by atoms with Crippen LogP contribution in [0.4, 0.5) is 5.82 Å². The van der Waals surface area contributed by atoms with Gasteiger partial charge in [-0.2, -0.15) is 5.10 Å². The van der Waals surface area contributed by atoms with Crippen LogP contribution < -0.4 is 5.73 Å². The first-order chi connectivity index (χ1) is 10.2. The maximum absolute atomic E-state index is 11.0. The van der Waals surface area contributed by atoms with Crippen LogP contribution in [0.1, 0.15) is 19.0 Å². The number of hydrogen-bond donors (Lipinski definition) is 5. The van der Waals surface area contributed by atoms with E-state index in [0.717, 1.165) is 0 Å². The van der Waals surface area contributed by atoms with Gasteiger partial charge in [0.05, 0.1) is 6.10 Å². The van der Waals surface area contributed by atoms with Crippen molar-refractivity contribution in [3.8, 4) is 0 Å². The molecule has 0 radical (unpaired) electrons. The van der Waals surface area contributed by atoms with E-state index < -0.39 is 29.2 Å². The van der Waals surface area contributed by atoms with Gasteiger partial charge >= 0.3 is 0 Å². The molecule has 1 spiro atoms. The Morgan fingerprint density at radius 3 is 2.64 bits per heavy atom. The molecule has 1 aliphatic carbocycles. The fraction of sp³-hybridized carbons (Fsp3) is 0.538. The molecule has 1 aliphatic heterocycles. The third-order valence-corrected chi connectivity index (χ3v) is 4.76. The van der Waals surface area contributed by atoms with E-state index in [1.165, 1.54) is 23.8 Å². The van der Waals surface area contributed by atoms with Gasteiger partial charge in [-0.05, 0) is 19.1 Å². The van der Waals surface area contributed by atoms with E-state index in [0.29, 0.717) is 5.52 Å². The summed E-state index contributed by atoms with van der Waals surface area (Å²) >= 11 is 0. The minimum absolute atomic E-state index is 0.0941. The predicted molar refractivity (Wildman–Crippen MR) is 72.4 cm³/mol. The van der Waals surface area contributed by atoms with Crippen LogP contribution in [0, 0.1) is 0 Å². The molecule has 0 amide bonds. The highest BCUT2D eigenvalue weighted by molar-refractivity contribution is 5.65. The van der Waals surface area contributed by atoms with Crippen LogP contribution in [-0.2, 0) is 10.5 Å². The summed E-state index contributed by atoms with van der Waals surface area (Å²) in [6, 6.07) is 3.05. The fourth-order valence-electron chi connectivity index (χ4n) is 3.26. The summed E-state index contributed by atoms with van der Waals surface area (Å²) in [6.45, 7) is 1.25. The Hall–Kier alpha value is -1.78. The molecular formula is C13H16N4O5. The number of fused-ring (bicyclic) bond motifs is 1. The lowest BCUT2D eigenvalue weighted by molar-refractivity contribution is -0.279. The molecule has 2 unspecified atom stereocenters. The van der Waals surface area contributed by atoms with Crippen LogP contribution in [0.5, 0.6) is 0 Å². The van der Waals surface area contributed by atoms with Crippen molar-refractivity contribution in [1.82, 2.24) is 14.6 Å². The van der Waals surface area contributed by atoms with Crippen molar-refractivity contribution in [2.45, 2.75) is 42.5 Å². The second-order valence-electron chi connectivity index (χ2n) is 6.13. The number of aromatic nitrogens is 3. The number of nitrogens with zero attached hydrogens (tertiary/aromatic N) is 3. The Balaban J connectivity index is 1.92. The van der Waals surface area contributed by atoms with Crippen LogP contribution in [0.3, 0.4) is 0 Å². The maximum atomic E-state index is 11.0. The SMILES string of the molecule is C[C@@]1(O)[C@H](O)C2(C[C@H]2O)OC1(O)c1ccc2c(N)ncnn12. The molecule has 2 fully saturated rings. The molecule has 4 rings (SSSR count). The van der Waals surface area contributed by atoms with E-state index in [9.17, 15) is 20.4 Å². The number of rotatable bonds is 1. The molecule has 6 N–H and O–H groups in total. The Morgan fingerprint density at radius 1 is 1.36 bits per heavy atom. The van der Waals surface area contributed by atoms with Gasteiger partial charge in [0.1, 0.15) is 29.2 Å². The van der Waals surface area contributed by atoms with Gasteiger partial charge < -0.3 is 30.9 Å². The second-order valence-corrected chi connectivity index (χ2v) is 6.13. The lowest BCUT2D eigenvalue weighted by Gasteiger charge is -2.33. The van der Waals surface area contributed by atoms with Gasteiger partial charge in [0.15, 0.2) is 11.4 Å². The highest BCUT2D eigenvalue weighted by Crippen LogP contribution is 2.59. The van der Waals surface area contributed by atoms with Gasteiger partial charge in [0.25, 0.3) is 0 Å². The number of aliphatic hydroxyl groups is 4. The normalized spacial score (nSPS) is 44.0. The smallest absolute Gasteiger partial charge is 0.243 e. The summed E-state index contributed by atoms with van der Waals surface area (Å²) in [5.41, 5.74) is 2.85. The van der Waals surface area contributed by atoms with Crippen molar-refractivity contribution >= 4 is 11.3 Å². The number of nitrogen functional groups attached to an aromatic ring is 1. The zero-order valence-electron chi connectivity index (χ0n) is 11.7. The average Bonchev–Trinajstić information content (AvgIpc) is 2.84. The Morgan fingerprint density at radius 2 is 2.05 bits per heavy atom. The van der Waals surface area contributed by atoms with Gasteiger partial charge in [-0.1, -0.05) is 0 Å². The van der Waals surface area contributed by atoms with Crippen molar-refractivity contribution in [3.63, 3.8) is 0 Å². The summed E-state index contributed by atoms with van der Waals surface area (Å²) in [4.78, 5) is 3.85. The number of anilines is 1. The Labute approximate surface area is 124 Å². The summed E-state index contributed by atoms with van der Waals surface area (Å²) < 4.78 is 6.85. The van der Waals surface area contributed by atoms with Crippen LogP contribution in [0.15, 0.2) is 18.5 Å². The van der Waals surface area contributed by atoms with Crippen molar-refractivity contribution in [1.29, 1.82) is 0 Å². The molecular weight excluding hydrogens is 292 g/mol. The standard InChI is InChI=1S/C13H16N4O5/c1-11(20)10(19)12(4-8(12)18)22-13(11,21)7-3-2-6-9(14)15-5-16-17(6)7/h2-3,5,8,10,18-21H,4H2,1H3,(H2,14,15,16)/t8-,10+,11-,12?,13?/m1/s1. The number of aliphatic hydroxyl groups excluding tert-OH is 2. The average molecular weight is 308 g/mol. The van der Waals surface area contributed by atoms with Crippen molar-refractivity contribution in [2.75, 3.05) is 5.73 Å². The first-order valence-electron chi connectivity index (χ1n) is 6.84. The summed E-state index contributed by atoms with van der Waals surface area (Å²) in [5.74, 6) is -2.05. The Bertz CT molecular complexity index is 777. The molecule has 3 heterocycles. The van der Waals surface area contributed by atoms with Crippen LogP contribution in [0.25, 0.3) is 5.52 Å². The molecule has 22 heavy (non-hydrogen) atoms. The number of nitrogens with two attached hydrogens (primary N) is 1. The first-order valence-corrected chi connectivity index (χ1v) is 6.84. The monoisotopic (exact) mass is 308 g/mol. The van der Waals surface area contributed by atoms with Gasteiger partial charge in [0, 0.05) is 6.42 Å². The van der Waals surface area contributed by atoms with Crippen LogP contribution >= 0.6 is 0 Å². The van der Waals surface area contributed by atoms with Crippen LogP contribution in [0.2, 0.25) is 0 Å². The topological polar surface area (TPSA) is 146 Å². The van der Waals surface area contributed by atoms with Crippen LogP contribution in [-0.4, -0.2) is 58.4 Å². The summed E-state index contributed by atoms with van der Waals surface area (Å²) in [6.07, 6.45) is -1.07. The lowest BCUT2D eigenvalue weighted by atomic mass is 9.87. The molecule has 2 aliphatic rings. The molecule has 2 aromatic rings. The molecule has 5 atom stereocenters. The lowest BCUT2D eigenvalue weighted by Crippen LogP contribution is -2.53. The first kappa shape index (κ1) is 13.9. The second kappa shape index (κ2) is 3.76. The van der Waals surface area contributed by atoms with E-state index in [2.05, 4.69) is 10.1 Å². The quantitative estimate of drug-likeness (QED) is 0.410. The minimum atomic E-state index is -2.25. The molecule has 2 aromatic heterocycles. The zero-order chi connectivity index (χ0) is 15.9. The predicted octanol–water partition coefficient (Wildman–Crippen LogP) is -1.90. The van der Waals surface area contributed by atoms with E-state index in [1.54, 1.807) is 6.07 Å². The number of hydrogen-bond acceptors (Lipinski definition) is 8. The van der Waals surface area contributed by atoms with E-state index in [1.807, 2.05) is 0 Å². The van der Waals surface area contributed by atoms with Crippen molar-refractivity contribution in [2.24, 2.45) is 0 Å². The van der Waals surface area contributed by atoms with Crippen molar-refractivity contribution < 1.29 is 25.2 Å². The highest BCUT2D eigenvalue weighted by atomic mass is 16.7. The molecule has 9 nitrogen and oxygen atoms in total. The van der Waals surface area contributed by atoms with Gasteiger partial charge in [0.2, 0.25) is 5.79 Å². The molecule has 0 bridgehead atoms. The Kier molecular flexibility index (Phi) is 2.36. The summed E-state index contributed by atoms with van der Waals surface area (Å²) in [5, 5.41) is 45.7. The largest absolute Gasteiger partial charge is 0.390 e. The molecule has 0 aromatic carbocycles. The number of ether oxygens (including phenoxy) is 1. The fourth-order valence-corrected chi connectivity index (χ4v) is 3.26. The van der Waals surface area contributed by atoms with Gasteiger partial charge in [-0.3, -0.25) is 0 Å². The van der Waals surface area contributed by atoms with Gasteiger partial charge in [-0.25, -0.2) is 9.50 Å². The third kappa shape index (κ3) is 1.35. The highest BCUT2D eigenvalue weighted by Gasteiger charge is 2.78. The molecule has 1 saturated carbocycles. The third-order valence-electron chi connectivity index (χ3n) is 4.76. The molecule has 118 valence electrons. The molecule has 9 heteroatoms. The van der Waals surface area contributed by atoms with Gasteiger partial charge in [-0.15, -0.1) is 0 Å². The van der Waals surface area contributed by atoms with E-state index in [4.69, 9.17) is 10.5 Å².